The van der Waals surface area contributed by atoms with E-state index in [0.29, 0.717) is 5.56 Å². The lowest BCUT2D eigenvalue weighted by atomic mass is 10.1. The van der Waals surface area contributed by atoms with Crippen LogP contribution in [0.5, 0.6) is 0 Å². The van der Waals surface area contributed by atoms with Crippen LogP contribution in [0.25, 0.3) is 12.2 Å². The zero-order valence-electron chi connectivity index (χ0n) is 13.7. The first-order chi connectivity index (χ1) is 10.3. The molecule has 0 radical (unpaired) electrons. The zero-order chi connectivity index (χ0) is 16.1. The standard InChI is InChI=1S/C15H14NO.2C2H6/c1-16-10-8-14(9-11-16)3-2-13-4-6-15(12-17)7-5-13;2*1-2/h2-12H,1H3;2*1-2H3/q+1;;/b3-2+;;. The van der Waals surface area contributed by atoms with Crippen LogP contribution in [0.3, 0.4) is 0 Å². The summed E-state index contributed by atoms with van der Waals surface area (Å²) in [5.41, 5.74) is 2.94. The average Bonchev–Trinajstić information content (AvgIpc) is 2.58. The smallest absolute Gasteiger partial charge is 0.169 e. The Hall–Kier alpha value is -2.22. The summed E-state index contributed by atoms with van der Waals surface area (Å²) in [5.74, 6) is 0. The highest BCUT2D eigenvalue weighted by molar-refractivity contribution is 5.76. The summed E-state index contributed by atoms with van der Waals surface area (Å²) >= 11 is 0. The van der Waals surface area contributed by atoms with E-state index in [-0.39, 0.29) is 0 Å². The first-order valence-electron chi connectivity index (χ1n) is 7.46. The van der Waals surface area contributed by atoms with Gasteiger partial charge in [0.1, 0.15) is 13.3 Å². The Morgan fingerprint density at radius 3 is 1.52 bits per heavy atom. The topological polar surface area (TPSA) is 20.9 Å². The maximum atomic E-state index is 10.5. The van der Waals surface area contributed by atoms with Crippen molar-refractivity contribution < 1.29 is 9.36 Å². The number of rotatable bonds is 3. The predicted molar refractivity (Wildman–Crippen MR) is 91.1 cm³/mol. The van der Waals surface area contributed by atoms with Crippen LogP contribution in [0, 0.1) is 0 Å². The lowest BCUT2D eigenvalue weighted by molar-refractivity contribution is -0.671. The van der Waals surface area contributed by atoms with Gasteiger partial charge in [-0.05, 0) is 11.1 Å². The molecule has 0 N–H and O–H groups in total. The van der Waals surface area contributed by atoms with E-state index in [0.717, 1.165) is 17.4 Å². The Morgan fingerprint density at radius 2 is 1.10 bits per heavy atom. The lowest BCUT2D eigenvalue weighted by Gasteiger charge is -1.94. The predicted octanol–water partition coefficient (Wildman–Crippen LogP) is 4.55. The molecule has 1 aromatic carbocycles. The van der Waals surface area contributed by atoms with E-state index in [2.05, 4.69) is 18.2 Å². The highest BCUT2D eigenvalue weighted by atomic mass is 16.1. The molecule has 0 saturated carbocycles. The van der Waals surface area contributed by atoms with Gasteiger partial charge >= 0.3 is 0 Å². The van der Waals surface area contributed by atoms with E-state index in [1.54, 1.807) is 0 Å². The number of aromatic nitrogens is 1. The van der Waals surface area contributed by atoms with E-state index < -0.39 is 0 Å². The molecule has 1 aromatic heterocycles. The molecule has 0 aliphatic rings. The molecule has 2 nitrogen and oxygen atoms in total. The van der Waals surface area contributed by atoms with Crippen molar-refractivity contribution in [2.75, 3.05) is 0 Å². The average molecular weight is 284 g/mol. The summed E-state index contributed by atoms with van der Waals surface area (Å²) < 4.78 is 2.00. The second kappa shape index (κ2) is 11.6. The summed E-state index contributed by atoms with van der Waals surface area (Å²) in [7, 11) is 1.99. The van der Waals surface area contributed by atoms with E-state index in [9.17, 15) is 4.79 Å². The second-order valence-electron chi connectivity index (χ2n) is 3.91. The molecule has 2 aromatic rings. The van der Waals surface area contributed by atoms with Crippen LogP contribution < -0.4 is 4.57 Å². The molecule has 0 aliphatic heterocycles. The third-order valence-corrected chi connectivity index (χ3v) is 2.55. The van der Waals surface area contributed by atoms with Gasteiger partial charge in [-0.15, -0.1) is 0 Å². The molecule has 0 atom stereocenters. The van der Waals surface area contributed by atoms with Crippen molar-refractivity contribution in [1.82, 2.24) is 0 Å². The van der Waals surface area contributed by atoms with E-state index in [4.69, 9.17) is 0 Å². The van der Waals surface area contributed by atoms with Crippen LogP contribution in [-0.4, -0.2) is 6.29 Å². The van der Waals surface area contributed by atoms with E-state index in [1.165, 1.54) is 0 Å². The molecule has 0 unspecified atom stereocenters. The number of benzene rings is 1. The van der Waals surface area contributed by atoms with Gasteiger partial charge in [0, 0.05) is 17.7 Å². The summed E-state index contributed by atoms with van der Waals surface area (Å²) in [6, 6.07) is 11.6. The molecule has 2 heteroatoms. The van der Waals surface area contributed by atoms with Crippen LogP contribution >= 0.6 is 0 Å². The minimum absolute atomic E-state index is 0.703. The number of carbonyl (C=O) groups excluding carboxylic acids is 1. The first kappa shape index (κ1) is 18.8. The molecule has 0 aliphatic carbocycles. The molecule has 0 spiro atoms. The fourth-order valence-corrected chi connectivity index (χ4v) is 1.50. The normalized spacial score (nSPS) is 9.19. The molecular weight excluding hydrogens is 258 g/mol. The zero-order valence-corrected chi connectivity index (χ0v) is 13.7. The number of carbonyl (C=O) groups is 1. The van der Waals surface area contributed by atoms with Crippen LogP contribution in [-0.2, 0) is 7.05 Å². The maximum Gasteiger partial charge on any atom is 0.169 e. The van der Waals surface area contributed by atoms with Crippen LogP contribution in [0.4, 0.5) is 0 Å². The third-order valence-electron chi connectivity index (χ3n) is 2.55. The lowest BCUT2D eigenvalue weighted by Crippen LogP contribution is -2.25. The Bertz CT molecular complexity index is 524. The summed E-state index contributed by atoms with van der Waals surface area (Å²) in [4.78, 5) is 10.5. The Kier molecular flexibility index (Phi) is 10.4. The molecule has 0 bridgehead atoms. The number of pyridine rings is 1. The number of nitrogens with zero attached hydrogens (tertiary/aromatic N) is 1. The minimum atomic E-state index is 0.703. The van der Waals surface area contributed by atoms with Crippen molar-refractivity contribution in [3.63, 3.8) is 0 Å². The largest absolute Gasteiger partial charge is 0.298 e. The number of hydrogen-bond acceptors (Lipinski definition) is 1. The number of aldehydes is 1. The van der Waals surface area contributed by atoms with Crippen molar-refractivity contribution >= 4 is 18.4 Å². The van der Waals surface area contributed by atoms with Crippen LogP contribution in [0.15, 0.2) is 48.8 Å². The van der Waals surface area contributed by atoms with Crippen molar-refractivity contribution in [1.29, 1.82) is 0 Å². The highest BCUT2D eigenvalue weighted by Crippen LogP contribution is 2.08. The van der Waals surface area contributed by atoms with Gasteiger partial charge in [-0.25, -0.2) is 4.57 Å². The summed E-state index contributed by atoms with van der Waals surface area (Å²) in [6.07, 6.45) is 8.95. The van der Waals surface area contributed by atoms with Gasteiger partial charge in [-0.2, -0.15) is 0 Å². The van der Waals surface area contributed by atoms with E-state index in [1.807, 2.05) is 82.0 Å². The first-order valence-corrected chi connectivity index (χ1v) is 7.46. The monoisotopic (exact) mass is 284 g/mol. The number of aryl methyl sites for hydroxylation is 1. The Balaban J connectivity index is 0.000000921. The van der Waals surface area contributed by atoms with Crippen molar-refractivity contribution in [3.8, 4) is 0 Å². The molecule has 0 saturated heterocycles. The van der Waals surface area contributed by atoms with Crippen molar-refractivity contribution in [2.45, 2.75) is 27.7 Å². The summed E-state index contributed by atoms with van der Waals surface area (Å²) in [5, 5.41) is 0. The molecule has 1 heterocycles. The molecule has 0 fully saturated rings. The molecule has 2 rings (SSSR count). The van der Waals surface area contributed by atoms with Crippen LogP contribution in [0.1, 0.15) is 49.2 Å². The minimum Gasteiger partial charge on any atom is -0.298 e. The van der Waals surface area contributed by atoms with Gasteiger partial charge in [0.2, 0.25) is 0 Å². The van der Waals surface area contributed by atoms with Gasteiger partial charge in [0.15, 0.2) is 12.4 Å². The van der Waals surface area contributed by atoms with Gasteiger partial charge in [0.05, 0.1) is 0 Å². The van der Waals surface area contributed by atoms with Crippen molar-refractivity contribution in [3.05, 3.63) is 65.5 Å². The maximum absolute atomic E-state index is 10.5. The Labute approximate surface area is 128 Å². The molecule has 0 amide bonds. The molecule has 21 heavy (non-hydrogen) atoms. The third kappa shape index (κ3) is 7.21. The van der Waals surface area contributed by atoms with Crippen LogP contribution in [0.2, 0.25) is 0 Å². The van der Waals surface area contributed by atoms with E-state index >= 15 is 0 Å². The fourth-order valence-electron chi connectivity index (χ4n) is 1.50. The molecule has 112 valence electrons. The van der Waals surface area contributed by atoms with Gasteiger partial charge in [-0.3, -0.25) is 4.79 Å². The number of hydrogen-bond donors (Lipinski definition) is 0. The van der Waals surface area contributed by atoms with Gasteiger partial charge in [-0.1, -0.05) is 64.1 Å². The van der Waals surface area contributed by atoms with Gasteiger partial charge in [0.25, 0.3) is 0 Å². The van der Waals surface area contributed by atoms with Gasteiger partial charge < -0.3 is 0 Å². The fraction of sp³-hybridized carbons (Fsp3) is 0.263. The summed E-state index contributed by atoms with van der Waals surface area (Å²) in [6.45, 7) is 8.00. The Morgan fingerprint density at radius 1 is 0.714 bits per heavy atom. The quantitative estimate of drug-likeness (QED) is 0.598. The molecular formula is C19H26NO+. The van der Waals surface area contributed by atoms with Crippen molar-refractivity contribution in [2.24, 2.45) is 7.05 Å². The highest BCUT2D eigenvalue weighted by Gasteiger charge is 1.92. The second-order valence-corrected chi connectivity index (χ2v) is 3.91. The SMILES string of the molecule is CC.CC.C[n+]1ccc(/C=C/c2ccc(C=O)cc2)cc1.